The van der Waals surface area contributed by atoms with Crippen LogP contribution in [0.3, 0.4) is 0 Å². The molecule has 1 unspecified atom stereocenters. The van der Waals surface area contributed by atoms with Crippen molar-refractivity contribution in [2.45, 2.75) is 58.1 Å². The van der Waals surface area contributed by atoms with Gasteiger partial charge >= 0.3 is 6.09 Å². The first-order valence-corrected chi connectivity index (χ1v) is 13.0. The normalized spacial score (nSPS) is 21.3. The molecule has 3 heterocycles. The Balaban J connectivity index is 1.29. The Labute approximate surface area is 220 Å². The Morgan fingerprint density at radius 1 is 0.947 bits per heavy atom. The highest BCUT2D eigenvalue weighted by Crippen LogP contribution is 2.30. The van der Waals surface area contributed by atoms with Crippen LogP contribution in [0.15, 0.2) is 12.1 Å². The van der Waals surface area contributed by atoms with E-state index in [1.807, 2.05) is 20.8 Å². The second kappa shape index (κ2) is 11.1. The summed E-state index contributed by atoms with van der Waals surface area (Å²) in [6, 6.07) is 1.53. The van der Waals surface area contributed by atoms with Gasteiger partial charge in [0.15, 0.2) is 11.6 Å². The topological polar surface area (TPSA) is 111 Å². The fourth-order valence-electron chi connectivity index (χ4n) is 5.03. The van der Waals surface area contributed by atoms with Crippen LogP contribution in [0.4, 0.5) is 25.0 Å². The second-order valence-electron chi connectivity index (χ2n) is 11.0. The van der Waals surface area contributed by atoms with Crippen molar-refractivity contribution in [1.29, 1.82) is 0 Å². The number of ether oxygens (including phenoxy) is 1. The van der Waals surface area contributed by atoms with Crippen molar-refractivity contribution in [3.8, 4) is 0 Å². The van der Waals surface area contributed by atoms with E-state index in [0.717, 1.165) is 12.1 Å². The third-order valence-electron chi connectivity index (χ3n) is 7.00. The van der Waals surface area contributed by atoms with Crippen molar-refractivity contribution < 1.29 is 32.7 Å². The second-order valence-corrected chi connectivity index (χ2v) is 11.0. The van der Waals surface area contributed by atoms with Crippen molar-refractivity contribution in [3.05, 3.63) is 23.8 Å². The van der Waals surface area contributed by atoms with E-state index in [9.17, 15) is 28.0 Å². The van der Waals surface area contributed by atoms with Crippen LogP contribution in [0, 0.1) is 17.6 Å². The maximum absolute atomic E-state index is 15.0. The standard InChI is InChI=1S/C26H35F2N5O5/c1-26(2,3)38-25(37)33-8-6-16(7-9-33)24(36)32-12-10-31(11-13-32)22-18(27)14-17(15-19(22)28)29-20-4-5-21(34)30-23(20)35/h14-16,20,29H,4-13H2,1-3H3,(H,30,34,35). The van der Waals surface area contributed by atoms with E-state index >= 15 is 0 Å². The lowest BCUT2D eigenvalue weighted by atomic mass is 9.95. The van der Waals surface area contributed by atoms with Crippen LogP contribution in [-0.2, 0) is 19.1 Å². The molecule has 38 heavy (non-hydrogen) atoms. The molecule has 3 aliphatic heterocycles. The van der Waals surface area contributed by atoms with E-state index in [2.05, 4.69) is 10.6 Å². The third kappa shape index (κ3) is 6.51. The largest absolute Gasteiger partial charge is 0.444 e. The molecule has 0 radical (unpaired) electrons. The van der Waals surface area contributed by atoms with Gasteiger partial charge in [0.2, 0.25) is 17.7 Å². The zero-order valence-electron chi connectivity index (χ0n) is 22.0. The molecule has 208 valence electrons. The van der Waals surface area contributed by atoms with Gasteiger partial charge in [0.25, 0.3) is 0 Å². The molecule has 0 spiro atoms. The van der Waals surface area contributed by atoms with E-state index in [-0.39, 0.29) is 61.1 Å². The number of anilines is 2. The van der Waals surface area contributed by atoms with Gasteiger partial charge in [-0.1, -0.05) is 0 Å². The predicted molar refractivity (Wildman–Crippen MR) is 135 cm³/mol. The van der Waals surface area contributed by atoms with Crippen LogP contribution >= 0.6 is 0 Å². The molecule has 0 aromatic heterocycles. The molecule has 1 aromatic rings. The average Bonchev–Trinajstić information content (AvgIpc) is 2.84. The maximum atomic E-state index is 15.0. The number of carbonyl (C=O) groups excluding carboxylic acids is 4. The summed E-state index contributed by atoms with van der Waals surface area (Å²) < 4.78 is 35.3. The van der Waals surface area contributed by atoms with E-state index in [4.69, 9.17) is 4.74 Å². The van der Waals surface area contributed by atoms with Crippen LogP contribution in [-0.4, -0.2) is 84.5 Å². The van der Waals surface area contributed by atoms with Crippen LogP contribution in [0.25, 0.3) is 0 Å². The van der Waals surface area contributed by atoms with Gasteiger partial charge < -0.3 is 24.8 Å². The molecule has 4 rings (SSSR count). The zero-order chi connectivity index (χ0) is 27.6. The number of halogens is 2. The SMILES string of the molecule is CC(C)(C)OC(=O)N1CCC(C(=O)N2CCN(c3c(F)cc(NC4CCC(=O)NC4=O)cc3F)CC2)CC1. The highest BCUT2D eigenvalue weighted by atomic mass is 19.1. The third-order valence-corrected chi connectivity index (χ3v) is 7.00. The van der Waals surface area contributed by atoms with Gasteiger partial charge in [-0.2, -0.15) is 0 Å². The van der Waals surface area contributed by atoms with Gasteiger partial charge in [-0.15, -0.1) is 0 Å². The molecule has 3 aliphatic rings. The highest BCUT2D eigenvalue weighted by Gasteiger charge is 2.34. The van der Waals surface area contributed by atoms with E-state index in [1.54, 1.807) is 14.7 Å². The summed E-state index contributed by atoms with van der Waals surface area (Å²) in [4.78, 5) is 53.5. The van der Waals surface area contributed by atoms with Gasteiger partial charge in [-0.05, 0) is 52.2 Å². The molecule has 2 N–H and O–H groups in total. The molecule has 0 bridgehead atoms. The number of piperidine rings is 2. The Hall–Kier alpha value is -3.44. The zero-order valence-corrected chi connectivity index (χ0v) is 22.0. The van der Waals surface area contributed by atoms with Crippen LogP contribution in [0.2, 0.25) is 0 Å². The summed E-state index contributed by atoms with van der Waals surface area (Å²) in [6.45, 7) is 7.54. The Bertz CT molecular complexity index is 1070. The molecule has 0 aliphatic carbocycles. The molecule has 12 heteroatoms. The maximum Gasteiger partial charge on any atom is 0.410 e. The number of nitrogens with one attached hydrogen (secondary N) is 2. The molecule has 3 fully saturated rings. The Kier molecular flexibility index (Phi) is 8.08. The first-order chi connectivity index (χ1) is 17.9. The predicted octanol–water partition coefficient (Wildman–Crippen LogP) is 2.48. The molecule has 0 saturated carbocycles. The van der Waals surface area contributed by atoms with Gasteiger partial charge in [0.1, 0.15) is 17.3 Å². The van der Waals surface area contributed by atoms with Crippen molar-refractivity contribution in [2.24, 2.45) is 5.92 Å². The average molecular weight is 536 g/mol. The summed E-state index contributed by atoms with van der Waals surface area (Å²) >= 11 is 0. The summed E-state index contributed by atoms with van der Waals surface area (Å²) in [5.74, 6) is -2.64. The molecule has 4 amide bonds. The molecular formula is C26H35F2N5O5. The minimum atomic E-state index is -0.769. The molecule has 3 saturated heterocycles. The van der Waals surface area contributed by atoms with Crippen molar-refractivity contribution >= 4 is 35.2 Å². The summed E-state index contributed by atoms with van der Waals surface area (Å²) in [6.07, 6.45) is 1.11. The van der Waals surface area contributed by atoms with Crippen LogP contribution in [0.1, 0.15) is 46.5 Å². The number of hydrogen-bond donors (Lipinski definition) is 2. The fourth-order valence-corrected chi connectivity index (χ4v) is 5.03. The molecule has 1 atom stereocenters. The van der Waals surface area contributed by atoms with Crippen molar-refractivity contribution in [2.75, 3.05) is 49.5 Å². The minimum absolute atomic E-state index is 0.00165. The number of piperazine rings is 1. The smallest absolute Gasteiger partial charge is 0.410 e. The quantitative estimate of drug-likeness (QED) is 0.570. The first kappa shape index (κ1) is 27.6. The minimum Gasteiger partial charge on any atom is -0.444 e. The number of hydrogen-bond acceptors (Lipinski definition) is 7. The number of carbonyl (C=O) groups is 4. The number of rotatable bonds is 4. The monoisotopic (exact) mass is 535 g/mol. The van der Waals surface area contributed by atoms with Crippen molar-refractivity contribution in [1.82, 2.24) is 15.1 Å². The van der Waals surface area contributed by atoms with Gasteiger partial charge in [-0.3, -0.25) is 19.7 Å². The van der Waals surface area contributed by atoms with Gasteiger partial charge in [0.05, 0.1) is 0 Å². The van der Waals surface area contributed by atoms with Crippen LogP contribution in [0.5, 0.6) is 0 Å². The lowest BCUT2D eigenvalue weighted by Crippen LogP contribution is -2.52. The van der Waals surface area contributed by atoms with E-state index < -0.39 is 29.2 Å². The summed E-state index contributed by atoms with van der Waals surface area (Å²) in [5.41, 5.74) is -0.631. The van der Waals surface area contributed by atoms with Crippen LogP contribution < -0.4 is 15.5 Å². The molecule has 10 nitrogen and oxygen atoms in total. The molecule has 1 aromatic carbocycles. The summed E-state index contributed by atoms with van der Waals surface area (Å²) in [7, 11) is 0. The van der Waals surface area contributed by atoms with E-state index in [0.29, 0.717) is 39.0 Å². The highest BCUT2D eigenvalue weighted by molar-refractivity contribution is 6.01. The van der Waals surface area contributed by atoms with Gasteiger partial charge in [-0.25, -0.2) is 13.6 Å². The summed E-state index contributed by atoms with van der Waals surface area (Å²) in [5, 5.41) is 5.00. The number of imide groups is 1. The lowest BCUT2D eigenvalue weighted by Gasteiger charge is -2.39. The Morgan fingerprint density at radius 3 is 2.11 bits per heavy atom. The van der Waals surface area contributed by atoms with Crippen molar-refractivity contribution in [3.63, 3.8) is 0 Å². The fraction of sp³-hybridized carbons (Fsp3) is 0.615. The molecular weight excluding hydrogens is 500 g/mol. The first-order valence-electron chi connectivity index (χ1n) is 13.0. The number of benzene rings is 1. The van der Waals surface area contributed by atoms with Gasteiger partial charge in [0, 0.05) is 57.3 Å². The number of nitrogens with zero attached hydrogens (tertiary/aromatic N) is 3. The van der Waals surface area contributed by atoms with E-state index in [1.165, 1.54) is 0 Å². The lowest BCUT2D eigenvalue weighted by molar-refractivity contribution is -0.137. The number of amides is 4. The Morgan fingerprint density at radius 2 is 1.55 bits per heavy atom. The number of likely N-dealkylation sites (tertiary alicyclic amines) is 1.